The molecule has 0 saturated heterocycles. The summed E-state index contributed by atoms with van der Waals surface area (Å²) in [7, 11) is 0. The highest BCUT2D eigenvalue weighted by Gasteiger charge is 2.40. The van der Waals surface area contributed by atoms with Gasteiger partial charge in [-0.3, -0.25) is 68.4 Å². The van der Waals surface area contributed by atoms with Crippen molar-refractivity contribution in [2.75, 3.05) is 39.3 Å². The van der Waals surface area contributed by atoms with Gasteiger partial charge in [-0.15, -0.1) is 0 Å². The van der Waals surface area contributed by atoms with Crippen molar-refractivity contribution < 1.29 is 95.6 Å². The summed E-state index contributed by atoms with van der Waals surface area (Å²) in [6, 6.07) is 5.42. The largest absolute Gasteiger partial charge is 0.490 e. The second-order valence-corrected chi connectivity index (χ2v) is 29.7. The second kappa shape index (κ2) is 53.3. The normalized spacial score (nSPS) is 14.1. The molecular formula is C79H119F3N24O17. The van der Waals surface area contributed by atoms with Gasteiger partial charge in [0.05, 0.1) is 19.1 Å². The van der Waals surface area contributed by atoms with Crippen LogP contribution in [0.5, 0.6) is 0 Å². The first kappa shape index (κ1) is 103. The molecule has 0 fully saturated rings. The van der Waals surface area contributed by atoms with E-state index in [4.69, 9.17) is 60.9 Å². The van der Waals surface area contributed by atoms with Crippen LogP contribution in [0.15, 0.2) is 91.3 Å². The standard InChI is InChI=1S/C77H118N24O15.C2HF3O2/c1-43(2)35-58(71(111)101-62(42-102)74(114)96-57(75(115)116)29-18-34-88-77(85)86)97-64(104)44(3)91-70(110)59(37-46-40-89-51-23-9-7-21-48(46)51)98-69(109)55(27-13-16-32-80)95-73(113)61(39-63(82)103)100-72(112)60(38-47-41-90-52-24-10-8-22-49(47)52)99-68(108)54(26-12-15-31-79)94-66(106)53(25-11-14-30-78)93-67(107)56(28-17-33-87-76(83)84)92-65(105)50(81)36-45-19-5-4-6-20-45;3-2(4,5)1(6)7/h4-10,19-24,40-41,43-44,50,53-62,89-90,102H,11-18,25-39,42,78-81H2,1-3H3,(H2,82,103)(H,91,110)(H,92,105)(H,93,107)(H,94,106)(H,95,113)(H,96,114)(H,97,104)(H,98,109)(H,99,108)(H,100,112)(H,101,111)(H,115,116)(H4,83,84,87)(H4,85,86,88);(H,6,7)/t44-,50-,53-,54-,55-,56-,57-,58-,59-,60-,61-,62-;/m0./s1. The number of nitrogens with two attached hydrogens (primary N) is 7. The van der Waals surface area contributed by atoms with Crippen molar-refractivity contribution in [1.29, 1.82) is 10.8 Å². The van der Waals surface area contributed by atoms with Crippen LogP contribution in [-0.4, -0.2) is 238 Å². The molecular weight excluding hydrogens is 1610 g/mol. The van der Waals surface area contributed by atoms with Gasteiger partial charge in [0.2, 0.25) is 70.9 Å². The van der Waals surface area contributed by atoms with E-state index in [0.29, 0.717) is 58.6 Å². The van der Waals surface area contributed by atoms with Gasteiger partial charge < -0.3 is 135 Å². The molecule has 5 rings (SSSR count). The number of carbonyl (C=O) groups is 14. The molecule has 0 aliphatic rings. The minimum Gasteiger partial charge on any atom is -0.480 e. The molecule has 12 atom stereocenters. The Bertz CT molecular complexity index is 4340. The summed E-state index contributed by atoms with van der Waals surface area (Å²) in [4.78, 5) is 199. The summed E-state index contributed by atoms with van der Waals surface area (Å²) in [6.07, 6.45) is -1.13. The number of rotatable bonds is 54. The third-order valence-electron chi connectivity index (χ3n) is 19.2. The Morgan fingerprint density at radius 2 is 0.748 bits per heavy atom. The van der Waals surface area contributed by atoms with Crippen LogP contribution in [0.25, 0.3) is 21.8 Å². The summed E-state index contributed by atoms with van der Waals surface area (Å²) in [5.41, 5.74) is 43.7. The summed E-state index contributed by atoms with van der Waals surface area (Å²) in [5.74, 6) is -16.3. The molecule has 3 aromatic carbocycles. The number of halogens is 3. The quantitative estimate of drug-likeness (QED) is 0.0104. The number of aliphatic carboxylic acids is 2. The fourth-order valence-electron chi connectivity index (χ4n) is 12.7. The van der Waals surface area contributed by atoms with Gasteiger partial charge in [0.15, 0.2) is 11.9 Å². The number of alkyl halides is 3. The maximum atomic E-state index is 15.1. The number of unbranched alkanes of at least 4 members (excludes halogenated alkanes) is 3. The number of hydrogen-bond donors (Lipinski definition) is 27. The van der Waals surface area contributed by atoms with Gasteiger partial charge >= 0.3 is 18.1 Å². The Balaban J connectivity index is 0.00000433. The zero-order chi connectivity index (χ0) is 91.5. The molecule has 2 heterocycles. The van der Waals surface area contributed by atoms with E-state index in [2.05, 4.69) is 79.1 Å². The average Bonchev–Trinajstić information content (AvgIpc) is 1.58. The number of aromatic nitrogens is 2. The number of carboxylic acids is 2. The van der Waals surface area contributed by atoms with E-state index >= 15 is 9.59 Å². The maximum Gasteiger partial charge on any atom is 0.490 e. The fourth-order valence-corrected chi connectivity index (χ4v) is 12.7. The van der Waals surface area contributed by atoms with E-state index < -0.39 is 175 Å². The Morgan fingerprint density at radius 3 is 1.15 bits per heavy atom. The fraction of sp³-hybridized carbons (Fsp3) is 0.519. The van der Waals surface area contributed by atoms with Gasteiger partial charge in [0.25, 0.3) is 0 Å². The van der Waals surface area contributed by atoms with Crippen LogP contribution in [0.2, 0.25) is 0 Å². The van der Waals surface area contributed by atoms with Crippen LogP contribution in [0, 0.1) is 16.7 Å². The predicted octanol–water partition coefficient (Wildman–Crippen LogP) is -3.10. The van der Waals surface area contributed by atoms with Gasteiger partial charge in [-0.05, 0) is 158 Å². The number of fused-ring (bicyclic) bond motifs is 2. The number of aliphatic hydroxyl groups is 1. The first-order chi connectivity index (χ1) is 58.3. The minimum absolute atomic E-state index is 0.00729. The molecule has 5 aromatic rings. The van der Waals surface area contributed by atoms with E-state index in [1.54, 1.807) is 99.0 Å². The topological polar surface area (TPSA) is 717 Å². The number of nitrogens with one attached hydrogen (secondary N) is 17. The number of amides is 12. The smallest absolute Gasteiger partial charge is 0.480 e. The Kier molecular flexibility index (Phi) is 44.5. The van der Waals surface area contributed by atoms with Crippen molar-refractivity contribution in [1.82, 2.24) is 79.1 Å². The van der Waals surface area contributed by atoms with Crippen LogP contribution >= 0.6 is 0 Å². The van der Waals surface area contributed by atoms with Crippen LogP contribution < -0.4 is 109 Å². The molecule has 0 aliphatic heterocycles. The lowest BCUT2D eigenvalue weighted by Gasteiger charge is -2.28. The SMILES string of the molecule is CC(C)C[C@H](NC(=O)[C@H](C)NC(=O)[C@H](Cc1c[nH]c2ccccc12)NC(=O)[C@H](CCCCN)NC(=O)[C@H](CC(N)=O)NC(=O)[C@H](Cc1c[nH]c2ccccc12)NC(=O)[C@H](CCCCN)NC(=O)[C@H](CCCCN)NC(=O)[C@H](CCCNC(=N)N)NC(=O)[C@@H](N)Cc1ccccc1)C(=O)N[C@@H](CO)C(=O)N[C@@H](CCCNC(=N)N)C(=O)O.O=C(O)C(F)(F)F. The van der Waals surface area contributed by atoms with Crippen molar-refractivity contribution in [3.63, 3.8) is 0 Å². The molecule has 0 aliphatic carbocycles. The van der Waals surface area contributed by atoms with Crippen molar-refractivity contribution in [3.05, 3.63) is 108 Å². The molecule has 0 radical (unpaired) electrons. The molecule has 678 valence electrons. The van der Waals surface area contributed by atoms with E-state index in [1.807, 2.05) is 6.07 Å². The molecule has 34 N–H and O–H groups in total. The lowest BCUT2D eigenvalue weighted by atomic mass is 10.0. The Morgan fingerprint density at radius 1 is 0.415 bits per heavy atom. The summed E-state index contributed by atoms with van der Waals surface area (Å²) in [6.45, 7) is 4.60. The Hall–Kier alpha value is -12.5. The molecule has 0 saturated carbocycles. The van der Waals surface area contributed by atoms with Crippen LogP contribution in [0.1, 0.15) is 134 Å². The molecule has 0 bridgehead atoms. The molecule has 41 nitrogen and oxygen atoms in total. The van der Waals surface area contributed by atoms with Gasteiger partial charge in [-0.2, -0.15) is 13.2 Å². The third kappa shape index (κ3) is 37.1. The number of para-hydroxylation sites is 2. The highest BCUT2D eigenvalue weighted by atomic mass is 19.4. The molecule has 12 amide bonds. The van der Waals surface area contributed by atoms with E-state index in [-0.39, 0.29) is 134 Å². The zero-order valence-corrected chi connectivity index (χ0v) is 68.9. The number of hydrogen-bond acceptors (Lipinski definition) is 21. The lowest BCUT2D eigenvalue weighted by molar-refractivity contribution is -0.192. The first-order valence-corrected chi connectivity index (χ1v) is 40.2. The monoisotopic (exact) mass is 1730 g/mol. The van der Waals surface area contributed by atoms with E-state index in [9.17, 15) is 76.1 Å². The summed E-state index contributed by atoms with van der Waals surface area (Å²) >= 11 is 0. The summed E-state index contributed by atoms with van der Waals surface area (Å²) < 4.78 is 31.7. The molecule has 2 aromatic heterocycles. The molecule has 0 unspecified atom stereocenters. The van der Waals surface area contributed by atoms with Crippen molar-refractivity contribution in [3.8, 4) is 0 Å². The van der Waals surface area contributed by atoms with E-state index in [0.717, 1.165) is 5.56 Å². The number of benzene rings is 3. The van der Waals surface area contributed by atoms with Crippen LogP contribution in [0.3, 0.4) is 0 Å². The highest BCUT2D eigenvalue weighted by molar-refractivity contribution is 6.01. The van der Waals surface area contributed by atoms with Crippen LogP contribution in [0.4, 0.5) is 13.2 Å². The maximum absolute atomic E-state index is 15.1. The van der Waals surface area contributed by atoms with Gasteiger partial charge in [-0.1, -0.05) is 80.6 Å². The highest BCUT2D eigenvalue weighted by Crippen LogP contribution is 2.23. The number of carbonyl (C=O) groups excluding carboxylic acids is 12. The number of aliphatic hydroxyl groups excluding tert-OH is 1. The number of carboxylic acid groups (broad SMARTS) is 2. The number of aromatic amines is 2. The lowest BCUT2D eigenvalue weighted by Crippen LogP contribution is -2.61. The van der Waals surface area contributed by atoms with Crippen molar-refractivity contribution in [2.45, 2.75) is 215 Å². The molecule has 123 heavy (non-hydrogen) atoms. The average molecular weight is 1730 g/mol. The van der Waals surface area contributed by atoms with Gasteiger partial charge in [0, 0.05) is 60.1 Å². The minimum atomic E-state index is -5.08. The molecule has 0 spiro atoms. The number of guanidine groups is 2. The van der Waals surface area contributed by atoms with E-state index in [1.165, 1.54) is 6.92 Å². The van der Waals surface area contributed by atoms with Crippen molar-refractivity contribution >= 4 is 117 Å². The summed E-state index contributed by atoms with van der Waals surface area (Å²) in [5, 5.41) is 77.2. The van der Waals surface area contributed by atoms with Gasteiger partial charge in [0.1, 0.15) is 66.5 Å². The Labute approximate surface area is 707 Å². The second-order valence-electron chi connectivity index (χ2n) is 29.7. The predicted molar refractivity (Wildman–Crippen MR) is 448 cm³/mol. The third-order valence-corrected chi connectivity index (χ3v) is 19.2. The van der Waals surface area contributed by atoms with Crippen LogP contribution in [-0.2, 0) is 86.4 Å². The molecule has 44 heteroatoms. The number of primary amides is 1. The van der Waals surface area contributed by atoms with Gasteiger partial charge in [-0.25, -0.2) is 9.59 Å². The zero-order valence-electron chi connectivity index (χ0n) is 68.9. The first-order valence-electron chi connectivity index (χ1n) is 40.2. The number of H-pyrrole nitrogens is 2. The van der Waals surface area contributed by atoms with Crippen molar-refractivity contribution in [2.24, 2.45) is 46.1 Å².